The standard InChI is InChI=1S/C22H25ClO5S/c1-3-27-16-7-4-13(5-8-16)10-15-11-14(6-9-17(15)23)20-18(25)19(26)21-22(28-20,29-21)12(2)24/h4-9,11-12,18-21,24-26H,3,10H2,1-2H3. The zero-order chi connectivity index (χ0) is 20.8. The van der Waals surface area contributed by atoms with Crippen molar-refractivity contribution in [1.82, 2.24) is 0 Å². The van der Waals surface area contributed by atoms with Crippen LogP contribution in [0.1, 0.15) is 36.6 Å². The molecule has 4 rings (SSSR count). The number of ether oxygens (including phenoxy) is 2. The smallest absolute Gasteiger partial charge is 0.155 e. The molecular formula is C22H25ClO5S. The van der Waals surface area contributed by atoms with Crippen molar-refractivity contribution >= 4 is 23.4 Å². The van der Waals surface area contributed by atoms with Gasteiger partial charge in [0.05, 0.1) is 24.1 Å². The Kier molecular flexibility index (Phi) is 5.86. The third-order valence-corrected chi connectivity index (χ3v) is 7.60. The van der Waals surface area contributed by atoms with Crippen LogP contribution in [0.15, 0.2) is 42.5 Å². The highest BCUT2D eigenvalue weighted by atomic mass is 35.5. The largest absolute Gasteiger partial charge is 0.494 e. The molecule has 2 aliphatic heterocycles. The summed E-state index contributed by atoms with van der Waals surface area (Å²) in [6.07, 6.45) is -2.90. The number of hydrogen-bond donors (Lipinski definition) is 3. The molecule has 0 amide bonds. The summed E-state index contributed by atoms with van der Waals surface area (Å²) in [5.74, 6) is 0.823. The van der Waals surface area contributed by atoms with Crippen molar-refractivity contribution in [3.8, 4) is 5.75 Å². The predicted octanol–water partition coefficient (Wildman–Crippen LogP) is 3.32. The van der Waals surface area contributed by atoms with E-state index in [1.165, 1.54) is 11.8 Å². The van der Waals surface area contributed by atoms with Crippen LogP contribution in [0.2, 0.25) is 5.02 Å². The van der Waals surface area contributed by atoms with E-state index in [1.54, 1.807) is 19.1 Å². The number of benzene rings is 2. The fraction of sp³-hybridized carbons (Fsp3) is 0.455. The van der Waals surface area contributed by atoms with E-state index in [0.29, 0.717) is 18.1 Å². The molecule has 2 heterocycles. The van der Waals surface area contributed by atoms with Crippen molar-refractivity contribution in [2.75, 3.05) is 6.61 Å². The Morgan fingerprint density at radius 1 is 1.17 bits per heavy atom. The number of rotatable bonds is 6. The molecule has 2 aromatic carbocycles. The topological polar surface area (TPSA) is 79.2 Å². The monoisotopic (exact) mass is 436 g/mol. The number of aliphatic hydroxyl groups excluding tert-OH is 3. The van der Waals surface area contributed by atoms with Crippen LogP contribution in [0, 0.1) is 0 Å². The van der Waals surface area contributed by atoms with Gasteiger partial charge in [-0.2, -0.15) is 0 Å². The lowest BCUT2D eigenvalue weighted by atomic mass is 9.90. The summed E-state index contributed by atoms with van der Waals surface area (Å²) in [5.41, 5.74) is 2.71. The summed E-state index contributed by atoms with van der Waals surface area (Å²) in [6.45, 7) is 4.21. The molecule has 156 valence electrons. The second-order valence-corrected chi connectivity index (χ2v) is 9.35. The summed E-state index contributed by atoms with van der Waals surface area (Å²) in [6, 6.07) is 13.3. The highest BCUT2D eigenvalue weighted by Gasteiger charge is 2.69. The van der Waals surface area contributed by atoms with Gasteiger partial charge in [0.1, 0.15) is 18.0 Å². The normalized spacial score (nSPS) is 31.8. The highest BCUT2D eigenvalue weighted by molar-refractivity contribution is 8.08. The van der Waals surface area contributed by atoms with E-state index in [9.17, 15) is 15.3 Å². The Morgan fingerprint density at radius 2 is 1.90 bits per heavy atom. The zero-order valence-electron chi connectivity index (χ0n) is 16.3. The Hall–Kier alpha value is -1.28. The number of hydrogen-bond acceptors (Lipinski definition) is 6. The van der Waals surface area contributed by atoms with Crippen LogP contribution >= 0.6 is 23.4 Å². The van der Waals surface area contributed by atoms with E-state index >= 15 is 0 Å². The number of thioether (sulfide) groups is 1. The Bertz CT molecular complexity index is 874. The van der Waals surface area contributed by atoms with Crippen LogP contribution < -0.4 is 4.74 Å². The molecule has 5 nitrogen and oxygen atoms in total. The average Bonchev–Trinajstić information content (AvgIpc) is 3.45. The van der Waals surface area contributed by atoms with Gasteiger partial charge in [-0.25, -0.2) is 0 Å². The van der Waals surface area contributed by atoms with Crippen molar-refractivity contribution in [2.45, 2.75) is 54.9 Å². The van der Waals surface area contributed by atoms with Gasteiger partial charge in [-0.15, -0.1) is 11.8 Å². The predicted molar refractivity (Wildman–Crippen MR) is 113 cm³/mol. The molecule has 7 heteroatoms. The van der Waals surface area contributed by atoms with Crippen molar-refractivity contribution < 1.29 is 24.8 Å². The van der Waals surface area contributed by atoms with Crippen LogP contribution in [0.3, 0.4) is 0 Å². The summed E-state index contributed by atoms with van der Waals surface area (Å²) in [5, 5.41) is 31.5. The summed E-state index contributed by atoms with van der Waals surface area (Å²) >= 11 is 7.78. The van der Waals surface area contributed by atoms with Crippen molar-refractivity contribution in [2.24, 2.45) is 0 Å². The Balaban J connectivity index is 1.58. The van der Waals surface area contributed by atoms with Gasteiger partial charge < -0.3 is 24.8 Å². The van der Waals surface area contributed by atoms with Crippen molar-refractivity contribution in [3.05, 3.63) is 64.2 Å². The highest BCUT2D eigenvalue weighted by Crippen LogP contribution is 2.64. The Labute approximate surface area is 179 Å². The molecule has 0 aromatic heterocycles. The molecule has 6 unspecified atom stereocenters. The number of aliphatic hydroxyl groups is 3. The van der Waals surface area contributed by atoms with Gasteiger partial charge in [0.15, 0.2) is 4.93 Å². The summed E-state index contributed by atoms with van der Waals surface area (Å²) in [7, 11) is 0. The second kappa shape index (κ2) is 8.10. The summed E-state index contributed by atoms with van der Waals surface area (Å²) in [4.78, 5) is -0.863. The minimum atomic E-state index is -1.07. The molecule has 2 saturated heterocycles. The van der Waals surface area contributed by atoms with Crippen molar-refractivity contribution in [1.29, 1.82) is 0 Å². The van der Waals surface area contributed by atoms with E-state index < -0.39 is 29.3 Å². The molecule has 0 spiro atoms. The number of fused-ring (bicyclic) bond motifs is 1. The zero-order valence-corrected chi connectivity index (χ0v) is 17.9. The van der Waals surface area contributed by atoms with Crippen LogP contribution in [0.5, 0.6) is 5.75 Å². The number of halogens is 1. The summed E-state index contributed by atoms with van der Waals surface area (Å²) < 4.78 is 11.6. The first kappa shape index (κ1) is 21.0. The third kappa shape index (κ3) is 3.90. The molecule has 3 N–H and O–H groups in total. The lowest BCUT2D eigenvalue weighted by Crippen LogP contribution is -2.50. The lowest BCUT2D eigenvalue weighted by molar-refractivity contribution is -0.184. The van der Waals surface area contributed by atoms with Crippen LogP contribution in [-0.2, 0) is 11.2 Å². The molecule has 0 bridgehead atoms. The first-order valence-corrected chi connectivity index (χ1v) is 11.0. The first-order chi connectivity index (χ1) is 13.9. The SMILES string of the molecule is CCOc1ccc(Cc2cc(C3OC4(C(C)O)SC4C(O)C3O)ccc2Cl)cc1. The van der Waals surface area contributed by atoms with Crippen LogP contribution in [0.4, 0.5) is 0 Å². The third-order valence-electron chi connectivity index (χ3n) is 5.54. The average molecular weight is 437 g/mol. The molecule has 0 radical (unpaired) electrons. The fourth-order valence-corrected chi connectivity index (χ4v) is 5.45. The van der Waals surface area contributed by atoms with Crippen molar-refractivity contribution in [3.63, 3.8) is 0 Å². The van der Waals surface area contributed by atoms with E-state index in [1.807, 2.05) is 37.3 Å². The lowest BCUT2D eigenvalue weighted by Gasteiger charge is -2.37. The minimum absolute atomic E-state index is 0.315. The van der Waals surface area contributed by atoms with E-state index in [4.69, 9.17) is 21.1 Å². The van der Waals surface area contributed by atoms with E-state index in [-0.39, 0.29) is 5.25 Å². The molecule has 2 aromatic rings. The Morgan fingerprint density at radius 3 is 2.55 bits per heavy atom. The molecule has 6 atom stereocenters. The molecule has 29 heavy (non-hydrogen) atoms. The van der Waals surface area contributed by atoms with Gasteiger partial charge in [-0.3, -0.25) is 0 Å². The van der Waals surface area contributed by atoms with Crippen LogP contribution in [0.25, 0.3) is 0 Å². The van der Waals surface area contributed by atoms with Gasteiger partial charge in [-0.05, 0) is 55.2 Å². The van der Waals surface area contributed by atoms with Crippen LogP contribution in [-0.4, -0.2) is 50.4 Å². The maximum atomic E-state index is 10.6. The fourth-order valence-electron chi connectivity index (χ4n) is 3.89. The minimum Gasteiger partial charge on any atom is -0.494 e. The van der Waals surface area contributed by atoms with Gasteiger partial charge in [0.25, 0.3) is 0 Å². The van der Waals surface area contributed by atoms with E-state index in [0.717, 1.165) is 22.4 Å². The van der Waals surface area contributed by atoms with Gasteiger partial charge >= 0.3 is 0 Å². The maximum absolute atomic E-state index is 10.6. The molecular weight excluding hydrogens is 412 g/mol. The molecule has 0 saturated carbocycles. The van der Waals surface area contributed by atoms with Gasteiger partial charge in [0, 0.05) is 5.02 Å². The quantitative estimate of drug-likeness (QED) is 0.603. The molecule has 2 fully saturated rings. The van der Waals surface area contributed by atoms with E-state index in [2.05, 4.69) is 0 Å². The molecule has 0 aliphatic carbocycles. The second-order valence-electron chi connectivity index (χ2n) is 7.56. The van der Waals surface area contributed by atoms with Gasteiger partial charge in [-0.1, -0.05) is 35.9 Å². The van der Waals surface area contributed by atoms with Gasteiger partial charge in [0.2, 0.25) is 0 Å². The maximum Gasteiger partial charge on any atom is 0.155 e. The first-order valence-electron chi connectivity index (χ1n) is 9.75. The molecule has 2 aliphatic rings.